The van der Waals surface area contributed by atoms with E-state index in [1.54, 1.807) is 11.9 Å². The molecule has 0 saturated carbocycles. The highest BCUT2D eigenvalue weighted by Crippen LogP contribution is 2.16. The number of aliphatic hydroxyl groups is 1. The molecule has 0 fully saturated rings. The van der Waals surface area contributed by atoms with Gasteiger partial charge in [-0.1, -0.05) is 25.7 Å². The second-order valence-corrected chi connectivity index (χ2v) is 5.05. The van der Waals surface area contributed by atoms with Crippen LogP contribution >= 0.6 is 0 Å². The van der Waals surface area contributed by atoms with Crippen LogP contribution in [-0.2, 0) is 0 Å². The van der Waals surface area contributed by atoms with Gasteiger partial charge >= 0.3 is 0 Å². The van der Waals surface area contributed by atoms with Gasteiger partial charge in [-0.25, -0.2) is 4.39 Å². The van der Waals surface area contributed by atoms with E-state index >= 15 is 0 Å². The number of hydrogen-bond acceptors (Lipinski definition) is 2. The minimum atomic E-state index is -0.455. The molecule has 0 bridgehead atoms. The van der Waals surface area contributed by atoms with Gasteiger partial charge in [0.2, 0.25) is 0 Å². The second kappa shape index (κ2) is 7.06. The molecule has 0 aliphatic heterocycles. The molecule has 1 aromatic rings. The third-order valence-corrected chi connectivity index (χ3v) is 3.41. The average Bonchev–Trinajstić information content (AvgIpc) is 2.42. The molecule has 0 aromatic heterocycles. The van der Waals surface area contributed by atoms with Crippen LogP contribution in [0.3, 0.4) is 0 Å². The molecule has 0 saturated heterocycles. The van der Waals surface area contributed by atoms with Gasteiger partial charge in [0.1, 0.15) is 12.4 Å². The summed E-state index contributed by atoms with van der Waals surface area (Å²) in [5.74, 6) is 4.73. The van der Waals surface area contributed by atoms with Crippen molar-refractivity contribution in [3.05, 3.63) is 35.1 Å². The number of hydrogen-bond donors (Lipinski definition) is 1. The number of amides is 1. The zero-order valence-electron chi connectivity index (χ0n) is 12.3. The van der Waals surface area contributed by atoms with Crippen LogP contribution in [0.4, 0.5) is 4.39 Å². The molecule has 0 aliphatic rings. The first-order valence-electron chi connectivity index (χ1n) is 6.55. The quantitative estimate of drug-likeness (QED) is 0.861. The fraction of sp³-hybridized carbons (Fsp3) is 0.438. The summed E-state index contributed by atoms with van der Waals surface area (Å²) in [6.07, 6.45) is 0. The van der Waals surface area contributed by atoms with Crippen molar-refractivity contribution in [2.75, 3.05) is 13.7 Å². The normalized spacial score (nSPS) is 11.8. The van der Waals surface area contributed by atoms with E-state index in [4.69, 9.17) is 5.11 Å². The predicted molar refractivity (Wildman–Crippen MR) is 76.8 cm³/mol. The average molecular weight is 277 g/mol. The summed E-state index contributed by atoms with van der Waals surface area (Å²) in [5.41, 5.74) is 0.647. The maximum Gasteiger partial charge on any atom is 0.255 e. The molecule has 1 rings (SSSR count). The van der Waals surface area contributed by atoms with Crippen molar-refractivity contribution < 1.29 is 14.3 Å². The van der Waals surface area contributed by atoms with Crippen molar-refractivity contribution in [2.45, 2.75) is 26.8 Å². The highest BCUT2D eigenvalue weighted by molar-refractivity contribution is 5.96. The first-order chi connectivity index (χ1) is 9.38. The molecule has 0 aliphatic carbocycles. The van der Waals surface area contributed by atoms with Crippen LogP contribution in [0.2, 0.25) is 0 Å². The molecule has 1 aromatic carbocycles. The Hall–Kier alpha value is -1.86. The Morgan fingerprint density at radius 2 is 2.05 bits per heavy atom. The van der Waals surface area contributed by atoms with E-state index in [-0.39, 0.29) is 18.6 Å². The molecule has 108 valence electrons. The van der Waals surface area contributed by atoms with Crippen LogP contribution in [-0.4, -0.2) is 35.6 Å². The smallest absolute Gasteiger partial charge is 0.255 e. The number of carbonyl (C=O) groups excluding carboxylic acids is 1. The van der Waals surface area contributed by atoms with Gasteiger partial charge < -0.3 is 10.0 Å². The Kier molecular flexibility index (Phi) is 5.72. The van der Waals surface area contributed by atoms with Crippen LogP contribution in [0.15, 0.2) is 18.2 Å². The molecule has 1 unspecified atom stereocenters. The summed E-state index contributed by atoms with van der Waals surface area (Å²) in [6, 6.07) is 3.95. The number of aliphatic hydroxyl groups excluding tert-OH is 1. The Bertz CT molecular complexity index is 543. The monoisotopic (exact) mass is 277 g/mol. The van der Waals surface area contributed by atoms with Crippen LogP contribution < -0.4 is 0 Å². The van der Waals surface area contributed by atoms with Crippen LogP contribution in [0, 0.1) is 23.6 Å². The molecule has 3 nitrogen and oxygen atoms in total. The molecular formula is C16H20FNO2. The molecule has 1 N–H and O–H groups in total. The standard InChI is InChI=1S/C16H20FNO2/c1-11(2)12(3)18(4)16(20)15-8-7-14(17)10-13(15)6-5-9-19/h7-8,10-12,19H,9H2,1-4H3. The molecule has 0 spiro atoms. The Morgan fingerprint density at radius 3 is 2.60 bits per heavy atom. The fourth-order valence-corrected chi connectivity index (χ4v) is 1.76. The van der Waals surface area contributed by atoms with Crippen LogP contribution in [0.5, 0.6) is 0 Å². The van der Waals surface area contributed by atoms with Crippen molar-refractivity contribution in [1.82, 2.24) is 4.90 Å². The minimum Gasteiger partial charge on any atom is -0.384 e. The Balaban J connectivity index is 3.15. The lowest BCUT2D eigenvalue weighted by Gasteiger charge is -2.28. The van der Waals surface area contributed by atoms with Gasteiger partial charge in [0.15, 0.2) is 0 Å². The summed E-state index contributed by atoms with van der Waals surface area (Å²) in [7, 11) is 1.72. The minimum absolute atomic E-state index is 0.0613. The summed E-state index contributed by atoms with van der Waals surface area (Å²) < 4.78 is 13.3. The first kappa shape index (κ1) is 16.2. The summed E-state index contributed by atoms with van der Waals surface area (Å²) in [6.45, 7) is 5.70. The van der Waals surface area contributed by atoms with E-state index in [2.05, 4.69) is 11.8 Å². The lowest BCUT2D eigenvalue weighted by molar-refractivity contribution is 0.0707. The molecule has 0 radical (unpaired) electrons. The van der Waals surface area contributed by atoms with Gasteiger partial charge in [0.25, 0.3) is 5.91 Å². The van der Waals surface area contributed by atoms with Gasteiger partial charge in [-0.3, -0.25) is 4.79 Å². The van der Waals surface area contributed by atoms with E-state index in [9.17, 15) is 9.18 Å². The SMILES string of the molecule is CC(C)C(C)N(C)C(=O)c1ccc(F)cc1C#CCO. The van der Waals surface area contributed by atoms with E-state index in [1.807, 2.05) is 20.8 Å². The molecule has 0 heterocycles. The Morgan fingerprint density at radius 1 is 1.40 bits per heavy atom. The number of halogens is 1. The van der Waals surface area contributed by atoms with E-state index in [0.717, 1.165) is 0 Å². The number of benzene rings is 1. The van der Waals surface area contributed by atoms with Gasteiger partial charge in [-0.15, -0.1) is 0 Å². The number of rotatable bonds is 3. The van der Waals surface area contributed by atoms with E-state index < -0.39 is 5.82 Å². The highest BCUT2D eigenvalue weighted by atomic mass is 19.1. The number of nitrogens with zero attached hydrogens (tertiary/aromatic N) is 1. The molecule has 1 atom stereocenters. The van der Waals surface area contributed by atoms with E-state index in [0.29, 0.717) is 17.0 Å². The first-order valence-corrected chi connectivity index (χ1v) is 6.55. The van der Waals surface area contributed by atoms with Crippen molar-refractivity contribution in [3.8, 4) is 11.8 Å². The maximum atomic E-state index is 13.3. The third kappa shape index (κ3) is 3.82. The van der Waals surface area contributed by atoms with Crippen LogP contribution in [0.25, 0.3) is 0 Å². The molecular weight excluding hydrogens is 257 g/mol. The summed E-state index contributed by atoms with van der Waals surface area (Å²) in [4.78, 5) is 14.1. The summed E-state index contributed by atoms with van der Waals surface area (Å²) >= 11 is 0. The largest absolute Gasteiger partial charge is 0.384 e. The van der Waals surface area contributed by atoms with Gasteiger partial charge in [-0.2, -0.15) is 0 Å². The highest BCUT2D eigenvalue weighted by Gasteiger charge is 2.21. The summed E-state index contributed by atoms with van der Waals surface area (Å²) in [5, 5.41) is 8.73. The molecule has 4 heteroatoms. The fourth-order valence-electron chi connectivity index (χ4n) is 1.76. The van der Waals surface area contributed by atoms with Crippen molar-refractivity contribution in [2.24, 2.45) is 5.92 Å². The molecule has 20 heavy (non-hydrogen) atoms. The van der Waals surface area contributed by atoms with E-state index in [1.165, 1.54) is 18.2 Å². The number of carbonyl (C=O) groups is 1. The van der Waals surface area contributed by atoms with Crippen LogP contribution in [0.1, 0.15) is 36.7 Å². The van der Waals surface area contributed by atoms with Crippen molar-refractivity contribution in [3.63, 3.8) is 0 Å². The second-order valence-electron chi connectivity index (χ2n) is 5.05. The van der Waals surface area contributed by atoms with Gasteiger partial charge in [0.05, 0.1) is 5.56 Å². The molecule has 1 amide bonds. The Labute approximate surface area is 119 Å². The lowest BCUT2D eigenvalue weighted by Crippen LogP contribution is -2.38. The lowest BCUT2D eigenvalue weighted by atomic mass is 10.0. The topological polar surface area (TPSA) is 40.5 Å². The zero-order chi connectivity index (χ0) is 15.3. The third-order valence-electron chi connectivity index (χ3n) is 3.41. The zero-order valence-corrected chi connectivity index (χ0v) is 12.3. The van der Waals surface area contributed by atoms with Gasteiger partial charge in [-0.05, 0) is 31.0 Å². The predicted octanol–water partition coefficient (Wildman–Crippen LogP) is 2.29. The maximum absolute atomic E-state index is 13.3. The van der Waals surface area contributed by atoms with Crippen molar-refractivity contribution >= 4 is 5.91 Å². The van der Waals surface area contributed by atoms with Crippen molar-refractivity contribution in [1.29, 1.82) is 0 Å². The van der Waals surface area contributed by atoms with Gasteiger partial charge in [0, 0.05) is 18.7 Å².